The average Bonchev–Trinajstić information content (AvgIpc) is 3.29. The Morgan fingerprint density at radius 3 is 2.50 bits per heavy atom. The summed E-state index contributed by atoms with van der Waals surface area (Å²) < 4.78 is 2.00. The van der Waals surface area contributed by atoms with Gasteiger partial charge in [0.15, 0.2) is 0 Å². The monoisotopic (exact) mass is 403 g/mol. The number of carbonyl (C=O) groups excluding carboxylic acids is 1. The molecule has 7 heteroatoms. The highest BCUT2D eigenvalue weighted by atomic mass is 35.5. The lowest BCUT2D eigenvalue weighted by atomic mass is 10.1. The number of aromatic nitrogens is 2. The Hall–Kier alpha value is -1.89. The van der Waals surface area contributed by atoms with Crippen LogP contribution in [0.3, 0.4) is 0 Å². The van der Waals surface area contributed by atoms with Crippen molar-refractivity contribution in [2.75, 3.05) is 39.3 Å². The predicted molar refractivity (Wildman–Crippen MR) is 113 cm³/mol. The van der Waals surface area contributed by atoms with E-state index in [0.29, 0.717) is 6.04 Å². The molecule has 2 fully saturated rings. The summed E-state index contributed by atoms with van der Waals surface area (Å²) in [5, 5.41) is 7.91. The topological polar surface area (TPSA) is 53.4 Å². The summed E-state index contributed by atoms with van der Waals surface area (Å²) in [6.07, 6.45) is 1.09. The first kappa shape index (κ1) is 20.8. The number of hydrogen-bond donors (Lipinski definition) is 1. The minimum absolute atomic E-state index is 0. The molecule has 3 heterocycles. The lowest BCUT2D eigenvalue weighted by Crippen LogP contribution is -2.49. The van der Waals surface area contributed by atoms with Gasteiger partial charge in [0.25, 0.3) is 5.91 Å². The highest BCUT2D eigenvalue weighted by Gasteiger charge is 2.31. The molecule has 4 rings (SSSR count). The lowest BCUT2D eigenvalue weighted by Gasteiger charge is -2.32. The highest BCUT2D eigenvalue weighted by molar-refractivity contribution is 5.94. The van der Waals surface area contributed by atoms with E-state index in [4.69, 9.17) is 0 Å². The molecule has 2 aromatic rings. The number of nitrogens with zero attached hydrogens (tertiary/aromatic N) is 4. The van der Waals surface area contributed by atoms with Gasteiger partial charge in [0.2, 0.25) is 0 Å². The molecule has 1 aromatic carbocycles. The van der Waals surface area contributed by atoms with Crippen molar-refractivity contribution in [3.05, 3.63) is 52.8 Å². The van der Waals surface area contributed by atoms with Gasteiger partial charge in [-0.15, -0.1) is 12.4 Å². The summed E-state index contributed by atoms with van der Waals surface area (Å²) in [5.74, 6) is 0.158. The molecule has 1 aromatic heterocycles. The molecule has 0 saturated carbocycles. The van der Waals surface area contributed by atoms with E-state index in [1.165, 1.54) is 0 Å². The molecule has 2 aliphatic rings. The largest absolute Gasteiger partial charge is 0.337 e. The van der Waals surface area contributed by atoms with E-state index in [1.54, 1.807) is 0 Å². The number of piperazine rings is 1. The van der Waals surface area contributed by atoms with Crippen LogP contribution >= 0.6 is 12.4 Å². The molecule has 2 aliphatic heterocycles. The summed E-state index contributed by atoms with van der Waals surface area (Å²) in [6.45, 7) is 10.8. The Balaban J connectivity index is 0.00000225. The van der Waals surface area contributed by atoms with E-state index in [2.05, 4.69) is 28.3 Å². The fraction of sp³-hybridized carbons (Fsp3) is 0.524. The number of aryl methyl sites for hydroxylation is 2. The first-order valence-electron chi connectivity index (χ1n) is 9.94. The molecule has 1 unspecified atom stereocenters. The van der Waals surface area contributed by atoms with Gasteiger partial charge in [-0.25, -0.2) is 0 Å². The molecule has 0 radical (unpaired) electrons. The molecular weight excluding hydrogens is 374 g/mol. The lowest BCUT2D eigenvalue weighted by molar-refractivity contribution is 0.0773. The van der Waals surface area contributed by atoms with Crippen LogP contribution in [-0.2, 0) is 6.54 Å². The zero-order valence-corrected chi connectivity index (χ0v) is 17.5. The Morgan fingerprint density at radius 1 is 1.14 bits per heavy atom. The number of carbonyl (C=O) groups is 1. The van der Waals surface area contributed by atoms with E-state index in [1.807, 2.05) is 40.8 Å². The van der Waals surface area contributed by atoms with Gasteiger partial charge in [0.1, 0.15) is 0 Å². The number of hydrogen-bond acceptors (Lipinski definition) is 4. The molecule has 1 N–H and O–H groups in total. The van der Waals surface area contributed by atoms with Crippen molar-refractivity contribution in [2.24, 2.45) is 0 Å². The number of likely N-dealkylation sites (tertiary alicyclic amines) is 1. The summed E-state index contributed by atoms with van der Waals surface area (Å²) in [7, 11) is 0. The molecule has 6 nitrogen and oxygen atoms in total. The second-order valence-electron chi connectivity index (χ2n) is 7.76. The molecule has 2 saturated heterocycles. The minimum atomic E-state index is 0. The normalized spacial score (nSPS) is 20.2. The third-order valence-electron chi connectivity index (χ3n) is 5.76. The van der Waals surface area contributed by atoms with Crippen LogP contribution in [0.4, 0.5) is 0 Å². The molecular formula is C21H30ClN5O. The second-order valence-corrected chi connectivity index (χ2v) is 7.76. The number of halogens is 1. The maximum Gasteiger partial charge on any atom is 0.253 e. The van der Waals surface area contributed by atoms with Gasteiger partial charge in [0.05, 0.1) is 12.2 Å². The van der Waals surface area contributed by atoms with Gasteiger partial charge in [-0.2, -0.15) is 5.10 Å². The van der Waals surface area contributed by atoms with Gasteiger partial charge in [-0.3, -0.25) is 14.4 Å². The van der Waals surface area contributed by atoms with Crippen LogP contribution in [-0.4, -0.2) is 70.8 Å². The Labute approximate surface area is 173 Å². The maximum atomic E-state index is 12.9. The van der Waals surface area contributed by atoms with Crippen LogP contribution < -0.4 is 5.32 Å². The number of benzene rings is 1. The van der Waals surface area contributed by atoms with Crippen molar-refractivity contribution < 1.29 is 4.79 Å². The van der Waals surface area contributed by atoms with Crippen LogP contribution in [0.25, 0.3) is 0 Å². The Bertz CT molecular complexity index is 798. The molecule has 0 bridgehead atoms. The molecule has 0 aliphatic carbocycles. The fourth-order valence-electron chi connectivity index (χ4n) is 4.21. The third kappa shape index (κ3) is 4.57. The highest BCUT2D eigenvalue weighted by Crippen LogP contribution is 2.19. The summed E-state index contributed by atoms with van der Waals surface area (Å²) >= 11 is 0. The summed E-state index contributed by atoms with van der Waals surface area (Å²) in [6, 6.07) is 10.6. The molecule has 1 amide bonds. The maximum absolute atomic E-state index is 12.9. The van der Waals surface area contributed by atoms with E-state index in [0.717, 1.165) is 74.7 Å². The van der Waals surface area contributed by atoms with E-state index in [9.17, 15) is 4.79 Å². The van der Waals surface area contributed by atoms with Crippen molar-refractivity contribution in [1.29, 1.82) is 0 Å². The zero-order chi connectivity index (χ0) is 18.8. The second kappa shape index (κ2) is 9.07. The number of rotatable bonds is 4. The van der Waals surface area contributed by atoms with Gasteiger partial charge >= 0.3 is 0 Å². The average molecular weight is 404 g/mol. The fourth-order valence-corrected chi connectivity index (χ4v) is 4.21. The van der Waals surface area contributed by atoms with Gasteiger partial charge in [0, 0.05) is 56.6 Å². The van der Waals surface area contributed by atoms with Gasteiger partial charge in [-0.05, 0) is 44.0 Å². The number of nitrogens with one attached hydrogen (secondary N) is 1. The van der Waals surface area contributed by atoms with Crippen molar-refractivity contribution in [1.82, 2.24) is 24.9 Å². The summed E-state index contributed by atoms with van der Waals surface area (Å²) in [4.78, 5) is 17.4. The Morgan fingerprint density at radius 2 is 1.86 bits per heavy atom. The van der Waals surface area contributed by atoms with Gasteiger partial charge < -0.3 is 10.2 Å². The smallest absolute Gasteiger partial charge is 0.253 e. The van der Waals surface area contributed by atoms with Crippen molar-refractivity contribution >= 4 is 18.3 Å². The van der Waals surface area contributed by atoms with Crippen LogP contribution in [0.1, 0.15) is 33.7 Å². The van der Waals surface area contributed by atoms with Crippen molar-refractivity contribution in [2.45, 2.75) is 32.9 Å². The molecule has 1 atom stereocenters. The first-order valence-corrected chi connectivity index (χ1v) is 9.94. The van der Waals surface area contributed by atoms with E-state index < -0.39 is 0 Å². The molecule has 152 valence electrons. The van der Waals surface area contributed by atoms with Gasteiger partial charge in [-0.1, -0.05) is 12.1 Å². The SMILES string of the molecule is Cc1cc(C)n(Cc2ccc(C(=O)N3CCC(N4CCNCC4)C3)cc2)n1.Cl. The Kier molecular flexibility index (Phi) is 6.75. The van der Waals surface area contributed by atoms with Crippen LogP contribution in [0.5, 0.6) is 0 Å². The number of amides is 1. The van der Waals surface area contributed by atoms with Crippen molar-refractivity contribution in [3.8, 4) is 0 Å². The van der Waals surface area contributed by atoms with Crippen molar-refractivity contribution in [3.63, 3.8) is 0 Å². The molecule has 0 spiro atoms. The third-order valence-corrected chi connectivity index (χ3v) is 5.76. The quantitative estimate of drug-likeness (QED) is 0.849. The van der Waals surface area contributed by atoms with E-state index >= 15 is 0 Å². The molecule has 28 heavy (non-hydrogen) atoms. The zero-order valence-electron chi connectivity index (χ0n) is 16.7. The standard InChI is InChI=1S/C21H29N5O.ClH/c1-16-13-17(2)26(23-16)14-18-3-5-19(6-4-18)21(27)25-10-7-20(15-25)24-11-8-22-9-12-24;/h3-6,13,20,22H,7-12,14-15H2,1-2H3;1H. The van der Waals surface area contributed by atoms with Crippen LogP contribution in [0, 0.1) is 13.8 Å². The summed E-state index contributed by atoms with van der Waals surface area (Å²) in [5.41, 5.74) is 4.14. The first-order chi connectivity index (χ1) is 13.1. The minimum Gasteiger partial charge on any atom is -0.337 e. The van der Waals surface area contributed by atoms with Crippen LogP contribution in [0.15, 0.2) is 30.3 Å². The van der Waals surface area contributed by atoms with E-state index in [-0.39, 0.29) is 18.3 Å². The van der Waals surface area contributed by atoms with Crippen LogP contribution in [0.2, 0.25) is 0 Å². The predicted octanol–water partition coefficient (Wildman–Crippen LogP) is 2.09.